The Hall–Kier alpha value is -2.19. The van der Waals surface area contributed by atoms with Gasteiger partial charge in [0, 0.05) is 13.2 Å². The minimum Gasteiger partial charge on any atom is -0.480 e. The number of amides is 2. The summed E-state index contributed by atoms with van der Waals surface area (Å²) < 4.78 is 10.1. The Morgan fingerprint density at radius 1 is 1.43 bits per heavy atom. The zero-order valence-electron chi connectivity index (χ0n) is 11.7. The number of ether oxygens (including phenoxy) is 2. The SMILES string of the molecule is COc1ncc(NC(=O)C2(N)CCOCC2)cc1C(N)=O. The Labute approximate surface area is 121 Å². The predicted octanol–water partition coefficient (Wildman–Crippen LogP) is -0.364. The molecule has 0 atom stereocenters. The Balaban J connectivity index is 2.17. The number of carbonyl (C=O) groups is 2. The van der Waals surface area contributed by atoms with E-state index < -0.39 is 11.4 Å². The molecule has 0 bridgehead atoms. The van der Waals surface area contributed by atoms with Crippen LogP contribution in [0.3, 0.4) is 0 Å². The van der Waals surface area contributed by atoms with Crippen LogP contribution in [0, 0.1) is 0 Å². The van der Waals surface area contributed by atoms with E-state index in [1.165, 1.54) is 19.4 Å². The number of hydrogen-bond acceptors (Lipinski definition) is 6. The first-order chi connectivity index (χ1) is 9.96. The van der Waals surface area contributed by atoms with Gasteiger partial charge in [-0.25, -0.2) is 4.98 Å². The van der Waals surface area contributed by atoms with E-state index in [2.05, 4.69) is 10.3 Å². The maximum atomic E-state index is 12.3. The normalized spacial score (nSPS) is 17.0. The number of nitrogens with two attached hydrogens (primary N) is 2. The molecule has 1 aromatic rings. The first-order valence-corrected chi connectivity index (χ1v) is 6.48. The summed E-state index contributed by atoms with van der Waals surface area (Å²) in [6, 6.07) is 1.41. The Kier molecular flexibility index (Phi) is 4.39. The van der Waals surface area contributed by atoms with E-state index >= 15 is 0 Å². The molecule has 0 saturated carbocycles. The van der Waals surface area contributed by atoms with E-state index in [-0.39, 0.29) is 17.4 Å². The maximum absolute atomic E-state index is 12.3. The molecule has 1 aliphatic heterocycles. The molecule has 2 rings (SSSR count). The number of aromatic nitrogens is 1. The lowest BCUT2D eigenvalue weighted by Crippen LogP contribution is -2.54. The summed E-state index contributed by atoms with van der Waals surface area (Å²) in [5.41, 5.74) is 10.8. The standard InChI is InChI=1S/C13H18N4O4/c1-20-11-9(10(14)18)6-8(7-16-11)17-12(19)13(15)2-4-21-5-3-13/h6-7H,2-5,15H2,1H3,(H2,14,18)(H,17,19). The summed E-state index contributed by atoms with van der Waals surface area (Å²) in [7, 11) is 1.38. The highest BCUT2D eigenvalue weighted by molar-refractivity contribution is 6.00. The predicted molar refractivity (Wildman–Crippen MR) is 74.9 cm³/mol. The lowest BCUT2D eigenvalue weighted by Gasteiger charge is -2.31. The molecular weight excluding hydrogens is 276 g/mol. The summed E-state index contributed by atoms with van der Waals surface area (Å²) in [5, 5.41) is 2.65. The first kappa shape index (κ1) is 15.2. The number of nitrogens with one attached hydrogen (secondary N) is 1. The topological polar surface area (TPSA) is 130 Å². The molecule has 114 valence electrons. The summed E-state index contributed by atoms with van der Waals surface area (Å²) in [6.07, 6.45) is 2.25. The molecule has 1 saturated heterocycles. The zero-order valence-corrected chi connectivity index (χ0v) is 11.7. The maximum Gasteiger partial charge on any atom is 0.254 e. The van der Waals surface area contributed by atoms with Gasteiger partial charge >= 0.3 is 0 Å². The quantitative estimate of drug-likeness (QED) is 0.695. The highest BCUT2D eigenvalue weighted by Crippen LogP contribution is 2.22. The van der Waals surface area contributed by atoms with Crippen LogP contribution in [-0.4, -0.2) is 42.7 Å². The number of hydrogen-bond donors (Lipinski definition) is 3. The molecule has 0 aliphatic carbocycles. The molecule has 1 aromatic heterocycles. The van der Waals surface area contributed by atoms with Crippen molar-refractivity contribution in [2.75, 3.05) is 25.6 Å². The van der Waals surface area contributed by atoms with Gasteiger partial charge in [-0.2, -0.15) is 0 Å². The van der Waals surface area contributed by atoms with E-state index in [4.69, 9.17) is 20.9 Å². The smallest absolute Gasteiger partial charge is 0.254 e. The van der Waals surface area contributed by atoms with Crippen molar-refractivity contribution >= 4 is 17.5 Å². The second kappa shape index (κ2) is 6.06. The highest BCUT2D eigenvalue weighted by atomic mass is 16.5. The van der Waals surface area contributed by atoms with Gasteiger partial charge < -0.3 is 26.3 Å². The third kappa shape index (κ3) is 3.29. The highest BCUT2D eigenvalue weighted by Gasteiger charge is 2.36. The Morgan fingerprint density at radius 3 is 2.67 bits per heavy atom. The van der Waals surface area contributed by atoms with Crippen LogP contribution >= 0.6 is 0 Å². The van der Waals surface area contributed by atoms with Crippen LogP contribution in [0.5, 0.6) is 5.88 Å². The minimum atomic E-state index is -0.981. The van der Waals surface area contributed by atoms with Crippen LogP contribution in [0.25, 0.3) is 0 Å². The average molecular weight is 294 g/mol. The number of carbonyl (C=O) groups excluding carboxylic acids is 2. The molecule has 0 radical (unpaired) electrons. The van der Waals surface area contributed by atoms with Crippen LogP contribution in [0.4, 0.5) is 5.69 Å². The van der Waals surface area contributed by atoms with Crippen molar-refractivity contribution in [2.24, 2.45) is 11.5 Å². The van der Waals surface area contributed by atoms with Crippen molar-refractivity contribution in [1.82, 2.24) is 4.98 Å². The van der Waals surface area contributed by atoms with E-state index in [9.17, 15) is 9.59 Å². The van der Waals surface area contributed by atoms with E-state index in [1.54, 1.807) is 0 Å². The van der Waals surface area contributed by atoms with E-state index in [0.29, 0.717) is 31.7 Å². The summed E-state index contributed by atoms with van der Waals surface area (Å²) in [4.78, 5) is 27.5. The van der Waals surface area contributed by atoms with Crippen molar-refractivity contribution in [3.8, 4) is 5.88 Å². The zero-order chi connectivity index (χ0) is 15.5. The van der Waals surface area contributed by atoms with Gasteiger partial charge in [0.15, 0.2) is 0 Å². The number of nitrogens with zero attached hydrogens (tertiary/aromatic N) is 1. The molecule has 1 aliphatic rings. The fraction of sp³-hybridized carbons (Fsp3) is 0.462. The summed E-state index contributed by atoms with van der Waals surface area (Å²) >= 11 is 0. The number of primary amides is 1. The summed E-state index contributed by atoms with van der Waals surface area (Å²) in [6.45, 7) is 0.884. The van der Waals surface area contributed by atoms with Gasteiger partial charge in [0.2, 0.25) is 11.8 Å². The fourth-order valence-corrected chi connectivity index (χ4v) is 2.08. The second-order valence-corrected chi connectivity index (χ2v) is 4.87. The van der Waals surface area contributed by atoms with Crippen LogP contribution in [0.2, 0.25) is 0 Å². The summed E-state index contributed by atoms with van der Waals surface area (Å²) in [5.74, 6) is -0.925. The third-order valence-electron chi connectivity index (χ3n) is 3.41. The van der Waals surface area contributed by atoms with Gasteiger partial charge in [-0.1, -0.05) is 0 Å². The first-order valence-electron chi connectivity index (χ1n) is 6.48. The third-order valence-corrected chi connectivity index (χ3v) is 3.41. The van der Waals surface area contributed by atoms with Crippen molar-refractivity contribution in [3.05, 3.63) is 17.8 Å². The fourth-order valence-electron chi connectivity index (χ4n) is 2.08. The lowest BCUT2D eigenvalue weighted by molar-refractivity contribution is -0.124. The lowest BCUT2D eigenvalue weighted by atomic mass is 9.90. The Morgan fingerprint density at radius 2 is 2.10 bits per heavy atom. The van der Waals surface area contributed by atoms with Gasteiger partial charge in [-0.15, -0.1) is 0 Å². The van der Waals surface area contributed by atoms with Gasteiger partial charge in [-0.3, -0.25) is 9.59 Å². The van der Waals surface area contributed by atoms with Gasteiger partial charge in [0.05, 0.1) is 19.0 Å². The molecule has 2 heterocycles. The molecule has 5 N–H and O–H groups in total. The number of anilines is 1. The minimum absolute atomic E-state index is 0.0911. The molecule has 1 fully saturated rings. The molecular formula is C13H18N4O4. The van der Waals surface area contributed by atoms with Crippen molar-refractivity contribution < 1.29 is 19.1 Å². The Bertz CT molecular complexity index is 555. The van der Waals surface area contributed by atoms with E-state index in [1.807, 2.05) is 0 Å². The molecule has 0 unspecified atom stereocenters. The molecule has 21 heavy (non-hydrogen) atoms. The van der Waals surface area contributed by atoms with Crippen molar-refractivity contribution in [2.45, 2.75) is 18.4 Å². The molecule has 8 nitrogen and oxygen atoms in total. The van der Waals surface area contributed by atoms with Crippen LogP contribution in [0.1, 0.15) is 23.2 Å². The van der Waals surface area contributed by atoms with E-state index in [0.717, 1.165) is 0 Å². The second-order valence-electron chi connectivity index (χ2n) is 4.87. The van der Waals surface area contributed by atoms with Gasteiger partial charge in [0.1, 0.15) is 11.1 Å². The van der Waals surface area contributed by atoms with Crippen molar-refractivity contribution in [1.29, 1.82) is 0 Å². The van der Waals surface area contributed by atoms with Crippen molar-refractivity contribution in [3.63, 3.8) is 0 Å². The molecule has 2 amide bonds. The largest absolute Gasteiger partial charge is 0.480 e. The number of rotatable bonds is 4. The number of methoxy groups -OCH3 is 1. The molecule has 0 aromatic carbocycles. The molecule has 8 heteroatoms. The average Bonchev–Trinajstić information content (AvgIpc) is 2.47. The van der Waals surface area contributed by atoms with Crippen LogP contribution < -0.4 is 21.5 Å². The van der Waals surface area contributed by atoms with Crippen LogP contribution in [-0.2, 0) is 9.53 Å². The molecule has 0 spiro atoms. The van der Waals surface area contributed by atoms with Gasteiger partial charge in [-0.05, 0) is 18.9 Å². The van der Waals surface area contributed by atoms with Crippen LogP contribution in [0.15, 0.2) is 12.3 Å². The van der Waals surface area contributed by atoms with Gasteiger partial charge in [0.25, 0.3) is 5.91 Å². The monoisotopic (exact) mass is 294 g/mol. The number of pyridine rings is 1.